The summed E-state index contributed by atoms with van der Waals surface area (Å²) in [5, 5.41) is 18.3. The summed E-state index contributed by atoms with van der Waals surface area (Å²) < 4.78 is 27.0. The quantitative estimate of drug-likeness (QED) is 0.474. The van der Waals surface area contributed by atoms with Gasteiger partial charge in [0.05, 0.1) is 6.07 Å². The fraction of sp³-hybridized carbons (Fsp3) is 0.500. The molecule has 10 heteroatoms. The Bertz CT molecular complexity index is 1170. The number of carbonyl (C=O) groups excluding carboxylic acids is 3. The third-order valence-electron chi connectivity index (χ3n) is 7.04. The van der Waals surface area contributed by atoms with Gasteiger partial charge >= 0.3 is 0 Å². The normalized spacial score (nSPS) is 22.1. The highest BCUT2D eigenvalue weighted by Gasteiger charge is 2.52. The number of hydrogen-bond donors (Lipinski definition) is 4. The van der Waals surface area contributed by atoms with Crippen molar-refractivity contribution in [1.82, 2.24) is 20.9 Å². The minimum absolute atomic E-state index is 0.0720. The summed E-state index contributed by atoms with van der Waals surface area (Å²) in [7, 11) is 0. The Morgan fingerprint density at radius 2 is 1.88 bits per heavy atom. The summed E-state index contributed by atoms with van der Waals surface area (Å²) in [5.74, 6) is -3.22. The van der Waals surface area contributed by atoms with E-state index in [-0.39, 0.29) is 35.0 Å². The van der Waals surface area contributed by atoms with E-state index in [4.69, 9.17) is 0 Å². The van der Waals surface area contributed by atoms with Crippen molar-refractivity contribution < 1.29 is 23.2 Å². The van der Waals surface area contributed by atoms with E-state index in [2.05, 4.69) is 27.0 Å². The Balaban J connectivity index is 1.25. The predicted octanol–water partition coefficient (Wildman–Crippen LogP) is 2.41. The molecule has 2 saturated carbocycles. The highest BCUT2D eigenvalue weighted by Crippen LogP contribution is 2.46. The van der Waals surface area contributed by atoms with Gasteiger partial charge in [0.25, 0.3) is 5.91 Å². The molecule has 3 aliphatic rings. The average Bonchev–Trinajstić information content (AvgIpc) is 3.69. The number of H-pyrrole nitrogens is 1. The van der Waals surface area contributed by atoms with Crippen LogP contribution in [0.4, 0.5) is 8.78 Å². The zero-order chi connectivity index (χ0) is 24.0. The van der Waals surface area contributed by atoms with E-state index < -0.39 is 35.5 Å². The molecule has 34 heavy (non-hydrogen) atoms. The molecule has 178 valence electrons. The van der Waals surface area contributed by atoms with Gasteiger partial charge < -0.3 is 20.9 Å². The lowest BCUT2D eigenvalue weighted by molar-refractivity contribution is -0.125. The van der Waals surface area contributed by atoms with E-state index in [0.717, 1.165) is 37.8 Å². The summed E-state index contributed by atoms with van der Waals surface area (Å²) >= 11 is 0. The monoisotopic (exact) mass is 469 g/mol. The Labute approximate surface area is 194 Å². The second-order valence-corrected chi connectivity index (χ2v) is 9.84. The molecule has 3 unspecified atom stereocenters. The molecule has 1 aromatic heterocycles. The van der Waals surface area contributed by atoms with Gasteiger partial charge in [-0.1, -0.05) is 12.8 Å². The van der Waals surface area contributed by atoms with Crippen LogP contribution in [-0.2, 0) is 9.59 Å². The molecule has 2 aliphatic carbocycles. The van der Waals surface area contributed by atoms with Crippen LogP contribution in [0.3, 0.4) is 0 Å². The molecule has 2 aromatic rings. The van der Waals surface area contributed by atoms with Crippen LogP contribution in [0.15, 0.2) is 18.2 Å². The van der Waals surface area contributed by atoms with Crippen LogP contribution in [0, 0.1) is 34.8 Å². The number of hydrogen-bond acceptors (Lipinski definition) is 4. The summed E-state index contributed by atoms with van der Waals surface area (Å²) in [6.45, 7) is 0. The number of aromatic nitrogens is 1. The van der Waals surface area contributed by atoms with Crippen molar-refractivity contribution in [2.45, 2.75) is 62.6 Å². The summed E-state index contributed by atoms with van der Waals surface area (Å²) in [6, 6.07) is 3.70. The van der Waals surface area contributed by atoms with Gasteiger partial charge in [0.1, 0.15) is 17.8 Å². The second kappa shape index (κ2) is 8.38. The molecule has 1 spiro atoms. The first-order valence-corrected chi connectivity index (χ1v) is 11.6. The Morgan fingerprint density at radius 3 is 2.53 bits per heavy atom. The third kappa shape index (κ3) is 4.60. The molecule has 1 aliphatic heterocycles. The number of halogens is 2. The Hall–Kier alpha value is -3.48. The van der Waals surface area contributed by atoms with Crippen molar-refractivity contribution >= 4 is 28.6 Å². The molecule has 1 aromatic carbocycles. The number of amides is 3. The standard InChI is InChI=1S/C24H25F2N5O3/c25-16-7-13-8-20(29-18(13)9-17(16)26)23(34)30-19(5-12-1-2-12)22(33)28-15(11-27)6-14-10-24(3-4-24)31-21(14)32/h7-9,12,14-15,19,29H,1-6,10H2,(H,28,33)(H,30,34)(H,31,32). The molecular formula is C24H25F2N5O3. The van der Waals surface area contributed by atoms with Crippen LogP contribution < -0.4 is 16.0 Å². The molecule has 0 radical (unpaired) electrons. The van der Waals surface area contributed by atoms with E-state index in [9.17, 15) is 28.4 Å². The van der Waals surface area contributed by atoms with Gasteiger partial charge in [-0.05, 0) is 50.2 Å². The number of carbonyl (C=O) groups is 3. The number of rotatable bonds is 8. The van der Waals surface area contributed by atoms with Crippen LogP contribution in [0.5, 0.6) is 0 Å². The molecule has 3 amide bonds. The van der Waals surface area contributed by atoms with Gasteiger partial charge in [0.2, 0.25) is 11.8 Å². The molecule has 2 heterocycles. The maximum absolute atomic E-state index is 13.5. The van der Waals surface area contributed by atoms with Crippen LogP contribution in [-0.4, -0.2) is 40.3 Å². The van der Waals surface area contributed by atoms with E-state index in [1.807, 2.05) is 0 Å². The minimum Gasteiger partial charge on any atom is -0.350 e. The smallest absolute Gasteiger partial charge is 0.268 e. The first kappa shape index (κ1) is 22.3. The zero-order valence-electron chi connectivity index (χ0n) is 18.4. The molecule has 3 fully saturated rings. The SMILES string of the molecule is N#CC(CC1CC2(CC2)NC1=O)NC(=O)C(CC1CC1)NC(=O)c1cc2cc(F)c(F)cc2[nH]1. The van der Waals surface area contributed by atoms with Crippen molar-refractivity contribution in [2.24, 2.45) is 11.8 Å². The van der Waals surface area contributed by atoms with Gasteiger partial charge in [-0.3, -0.25) is 14.4 Å². The first-order chi connectivity index (χ1) is 16.2. The first-order valence-electron chi connectivity index (χ1n) is 11.6. The largest absolute Gasteiger partial charge is 0.350 e. The molecule has 1 saturated heterocycles. The van der Waals surface area contributed by atoms with Crippen LogP contribution in [0.1, 0.15) is 55.4 Å². The Kier molecular flexibility index (Phi) is 5.50. The van der Waals surface area contributed by atoms with Crippen LogP contribution in [0.2, 0.25) is 0 Å². The highest BCUT2D eigenvalue weighted by atomic mass is 19.2. The molecule has 8 nitrogen and oxygen atoms in total. The fourth-order valence-corrected chi connectivity index (χ4v) is 4.75. The molecular weight excluding hydrogens is 444 g/mol. The van der Waals surface area contributed by atoms with Crippen LogP contribution in [0.25, 0.3) is 10.9 Å². The maximum Gasteiger partial charge on any atom is 0.268 e. The van der Waals surface area contributed by atoms with Gasteiger partial charge in [-0.2, -0.15) is 5.26 Å². The average molecular weight is 469 g/mol. The van der Waals surface area contributed by atoms with E-state index in [1.165, 1.54) is 6.07 Å². The predicted molar refractivity (Wildman–Crippen MR) is 117 cm³/mol. The van der Waals surface area contributed by atoms with Crippen molar-refractivity contribution in [3.05, 3.63) is 35.5 Å². The summed E-state index contributed by atoms with van der Waals surface area (Å²) in [4.78, 5) is 40.8. The lowest BCUT2D eigenvalue weighted by atomic mass is 9.95. The molecule has 5 rings (SSSR count). The van der Waals surface area contributed by atoms with Crippen molar-refractivity contribution in [3.63, 3.8) is 0 Å². The number of nitrogens with zero attached hydrogens (tertiary/aromatic N) is 1. The number of nitriles is 1. The molecule has 4 N–H and O–H groups in total. The van der Waals surface area contributed by atoms with Gasteiger partial charge in [-0.15, -0.1) is 0 Å². The molecule has 0 bridgehead atoms. The van der Waals surface area contributed by atoms with E-state index >= 15 is 0 Å². The van der Waals surface area contributed by atoms with Crippen molar-refractivity contribution in [1.29, 1.82) is 5.26 Å². The van der Waals surface area contributed by atoms with Crippen molar-refractivity contribution in [2.75, 3.05) is 0 Å². The second-order valence-electron chi connectivity index (χ2n) is 9.84. The van der Waals surface area contributed by atoms with Crippen LogP contribution >= 0.6 is 0 Å². The minimum atomic E-state index is -1.03. The summed E-state index contributed by atoms with van der Waals surface area (Å²) in [5.41, 5.74) is 0.225. The Morgan fingerprint density at radius 1 is 1.15 bits per heavy atom. The van der Waals surface area contributed by atoms with Gasteiger partial charge in [-0.25, -0.2) is 8.78 Å². The number of aromatic amines is 1. The lowest BCUT2D eigenvalue weighted by Gasteiger charge is -2.21. The van der Waals surface area contributed by atoms with Gasteiger partial charge in [0, 0.05) is 28.4 Å². The van der Waals surface area contributed by atoms with E-state index in [0.29, 0.717) is 24.1 Å². The lowest BCUT2D eigenvalue weighted by Crippen LogP contribution is -2.50. The fourth-order valence-electron chi connectivity index (χ4n) is 4.75. The topological polar surface area (TPSA) is 127 Å². The zero-order valence-corrected chi connectivity index (χ0v) is 18.4. The maximum atomic E-state index is 13.5. The number of benzene rings is 1. The highest BCUT2D eigenvalue weighted by molar-refractivity contribution is 6.00. The number of fused-ring (bicyclic) bond motifs is 1. The van der Waals surface area contributed by atoms with E-state index in [1.54, 1.807) is 0 Å². The van der Waals surface area contributed by atoms with Gasteiger partial charge in [0.15, 0.2) is 11.6 Å². The third-order valence-corrected chi connectivity index (χ3v) is 7.04. The molecule has 3 atom stereocenters. The summed E-state index contributed by atoms with van der Waals surface area (Å²) in [6.07, 6.45) is 5.12. The number of nitrogens with one attached hydrogen (secondary N) is 4. The van der Waals surface area contributed by atoms with Crippen molar-refractivity contribution in [3.8, 4) is 6.07 Å².